The fraction of sp³-hybridized carbons (Fsp3) is 0.227. The number of methoxy groups -OCH3 is 1. The summed E-state index contributed by atoms with van der Waals surface area (Å²) < 4.78 is 5.37. The summed E-state index contributed by atoms with van der Waals surface area (Å²) in [6.45, 7) is 7.98. The van der Waals surface area contributed by atoms with Crippen molar-refractivity contribution in [3.05, 3.63) is 70.5 Å². The summed E-state index contributed by atoms with van der Waals surface area (Å²) in [4.78, 5) is 21.3. The molecule has 0 radical (unpaired) electrons. The minimum atomic E-state index is -0.281. The van der Waals surface area contributed by atoms with Crippen LogP contribution in [0.3, 0.4) is 0 Å². The highest BCUT2D eigenvalue weighted by atomic mass is 16.5. The lowest BCUT2D eigenvalue weighted by Gasteiger charge is -2.13. The molecule has 0 spiro atoms. The van der Waals surface area contributed by atoms with E-state index in [0.717, 1.165) is 33.6 Å². The van der Waals surface area contributed by atoms with E-state index in [0.29, 0.717) is 11.7 Å². The molecule has 6 heteroatoms. The molecule has 0 aliphatic heterocycles. The topological polar surface area (TPSA) is 76.1 Å². The molecule has 1 amide bonds. The van der Waals surface area contributed by atoms with Crippen LogP contribution in [-0.4, -0.2) is 23.0 Å². The summed E-state index contributed by atoms with van der Waals surface area (Å²) in [6, 6.07) is 11.4. The molecule has 2 aromatic carbocycles. The lowest BCUT2D eigenvalue weighted by molar-refractivity contribution is 0.102. The van der Waals surface area contributed by atoms with Gasteiger partial charge in [0.15, 0.2) is 0 Å². The van der Waals surface area contributed by atoms with Crippen LogP contribution in [0.5, 0.6) is 5.75 Å². The van der Waals surface area contributed by atoms with E-state index in [2.05, 4.69) is 20.6 Å². The highest BCUT2D eigenvalue weighted by molar-refractivity contribution is 6.03. The number of hydrogen-bond acceptors (Lipinski definition) is 5. The van der Waals surface area contributed by atoms with E-state index in [1.807, 2.05) is 58.0 Å². The predicted molar refractivity (Wildman–Crippen MR) is 112 cm³/mol. The molecule has 1 aromatic heterocycles. The number of aryl methyl sites for hydroxylation is 4. The molecule has 6 nitrogen and oxygen atoms in total. The van der Waals surface area contributed by atoms with E-state index in [1.165, 1.54) is 0 Å². The summed E-state index contributed by atoms with van der Waals surface area (Å²) in [5, 5.41) is 6.09. The van der Waals surface area contributed by atoms with Gasteiger partial charge in [-0.3, -0.25) is 4.79 Å². The van der Waals surface area contributed by atoms with Crippen LogP contribution in [-0.2, 0) is 0 Å². The predicted octanol–water partition coefficient (Wildman–Crippen LogP) is 4.71. The van der Waals surface area contributed by atoms with Crippen LogP contribution in [0.25, 0.3) is 0 Å². The van der Waals surface area contributed by atoms with Gasteiger partial charge in [-0.05, 0) is 62.6 Å². The van der Waals surface area contributed by atoms with Gasteiger partial charge in [0.1, 0.15) is 11.4 Å². The third-order valence-electron chi connectivity index (χ3n) is 4.41. The maximum absolute atomic E-state index is 12.7. The molecule has 3 rings (SSSR count). The lowest BCUT2D eigenvalue weighted by Crippen LogP contribution is -2.16. The zero-order chi connectivity index (χ0) is 20.3. The number of anilines is 3. The molecular weight excluding hydrogens is 352 g/mol. The Balaban J connectivity index is 1.84. The normalized spacial score (nSPS) is 10.5. The summed E-state index contributed by atoms with van der Waals surface area (Å²) in [5.74, 6) is 0.723. The van der Waals surface area contributed by atoms with Crippen LogP contribution in [0.4, 0.5) is 17.3 Å². The third kappa shape index (κ3) is 4.28. The lowest BCUT2D eigenvalue weighted by atomic mass is 10.1. The number of benzene rings is 2. The second-order valence-electron chi connectivity index (χ2n) is 6.82. The second kappa shape index (κ2) is 8.08. The van der Waals surface area contributed by atoms with E-state index < -0.39 is 0 Å². The number of rotatable bonds is 5. The SMILES string of the molecule is COc1ccc(C)cc1Nc1nccc(C(=O)Nc2c(C)cc(C)cc2C)n1. The molecule has 0 atom stereocenters. The first kappa shape index (κ1) is 19.4. The quantitative estimate of drug-likeness (QED) is 0.674. The number of nitrogens with zero attached hydrogens (tertiary/aromatic N) is 2. The standard InChI is InChI=1S/C22H24N4O2/c1-13-6-7-19(28-5)18(12-13)25-22-23-9-8-17(24-22)21(27)26-20-15(3)10-14(2)11-16(20)4/h6-12H,1-5H3,(H,26,27)(H,23,24,25). The average Bonchev–Trinajstić information content (AvgIpc) is 2.65. The summed E-state index contributed by atoms with van der Waals surface area (Å²) in [7, 11) is 1.60. The number of carbonyl (C=O) groups is 1. The molecule has 0 bridgehead atoms. The van der Waals surface area contributed by atoms with Gasteiger partial charge in [-0.1, -0.05) is 23.8 Å². The van der Waals surface area contributed by atoms with Crippen LogP contribution in [0.15, 0.2) is 42.6 Å². The average molecular weight is 376 g/mol. The van der Waals surface area contributed by atoms with Gasteiger partial charge in [-0.15, -0.1) is 0 Å². The number of hydrogen-bond donors (Lipinski definition) is 2. The van der Waals surface area contributed by atoms with Crippen LogP contribution in [0.1, 0.15) is 32.7 Å². The number of ether oxygens (including phenoxy) is 1. The van der Waals surface area contributed by atoms with E-state index in [9.17, 15) is 4.79 Å². The minimum Gasteiger partial charge on any atom is -0.495 e. The van der Waals surface area contributed by atoms with Crippen molar-refractivity contribution in [3.8, 4) is 5.75 Å². The van der Waals surface area contributed by atoms with Crippen LogP contribution < -0.4 is 15.4 Å². The summed E-state index contributed by atoms with van der Waals surface area (Å²) in [6.07, 6.45) is 1.56. The Morgan fingerprint density at radius 1 is 0.964 bits per heavy atom. The molecule has 0 aliphatic rings. The number of carbonyl (C=O) groups excluding carboxylic acids is 1. The van der Waals surface area contributed by atoms with Crippen molar-refractivity contribution in [2.45, 2.75) is 27.7 Å². The van der Waals surface area contributed by atoms with Gasteiger partial charge < -0.3 is 15.4 Å². The van der Waals surface area contributed by atoms with E-state index >= 15 is 0 Å². The highest BCUT2D eigenvalue weighted by Gasteiger charge is 2.13. The molecule has 0 saturated carbocycles. The number of amides is 1. The smallest absolute Gasteiger partial charge is 0.274 e. The maximum Gasteiger partial charge on any atom is 0.274 e. The largest absolute Gasteiger partial charge is 0.495 e. The molecular formula is C22H24N4O2. The van der Waals surface area contributed by atoms with E-state index in [4.69, 9.17) is 4.74 Å². The van der Waals surface area contributed by atoms with E-state index in [-0.39, 0.29) is 11.6 Å². The van der Waals surface area contributed by atoms with Gasteiger partial charge in [0, 0.05) is 11.9 Å². The van der Waals surface area contributed by atoms with Crippen molar-refractivity contribution in [2.75, 3.05) is 17.7 Å². The Kier molecular flexibility index (Phi) is 5.59. The fourth-order valence-corrected chi connectivity index (χ4v) is 3.14. The van der Waals surface area contributed by atoms with Gasteiger partial charge in [0.25, 0.3) is 5.91 Å². The van der Waals surface area contributed by atoms with Crippen molar-refractivity contribution >= 4 is 23.2 Å². The third-order valence-corrected chi connectivity index (χ3v) is 4.41. The van der Waals surface area contributed by atoms with E-state index in [1.54, 1.807) is 19.4 Å². The fourth-order valence-electron chi connectivity index (χ4n) is 3.14. The molecule has 0 aliphatic carbocycles. The van der Waals surface area contributed by atoms with Crippen molar-refractivity contribution in [1.29, 1.82) is 0 Å². The van der Waals surface area contributed by atoms with Crippen molar-refractivity contribution < 1.29 is 9.53 Å². The number of aromatic nitrogens is 2. The van der Waals surface area contributed by atoms with Crippen molar-refractivity contribution in [2.24, 2.45) is 0 Å². The Hall–Kier alpha value is -3.41. The Labute approximate surface area is 165 Å². The first-order valence-electron chi connectivity index (χ1n) is 9.01. The Morgan fingerprint density at radius 2 is 1.68 bits per heavy atom. The summed E-state index contributed by atoms with van der Waals surface area (Å²) in [5.41, 5.74) is 6.10. The molecule has 1 heterocycles. The van der Waals surface area contributed by atoms with Gasteiger partial charge in [0.05, 0.1) is 12.8 Å². The molecule has 2 N–H and O–H groups in total. The monoisotopic (exact) mass is 376 g/mol. The van der Waals surface area contributed by atoms with Crippen LogP contribution in [0, 0.1) is 27.7 Å². The Morgan fingerprint density at radius 3 is 2.36 bits per heavy atom. The van der Waals surface area contributed by atoms with Crippen molar-refractivity contribution in [1.82, 2.24) is 9.97 Å². The number of nitrogens with one attached hydrogen (secondary N) is 2. The molecule has 3 aromatic rings. The highest BCUT2D eigenvalue weighted by Crippen LogP contribution is 2.27. The first-order chi connectivity index (χ1) is 13.4. The first-order valence-corrected chi connectivity index (χ1v) is 9.01. The van der Waals surface area contributed by atoms with Gasteiger partial charge in [0.2, 0.25) is 5.95 Å². The molecule has 0 fully saturated rings. The molecule has 0 saturated heterocycles. The molecule has 28 heavy (non-hydrogen) atoms. The zero-order valence-electron chi connectivity index (χ0n) is 16.8. The molecule has 144 valence electrons. The van der Waals surface area contributed by atoms with Gasteiger partial charge in [-0.2, -0.15) is 0 Å². The van der Waals surface area contributed by atoms with Crippen LogP contribution in [0.2, 0.25) is 0 Å². The van der Waals surface area contributed by atoms with Gasteiger partial charge in [-0.25, -0.2) is 9.97 Å². The Bertz CT molecular complexity index is 1010. The minimum absolute atomic E-state index is 0.281. The maximum atomic E-state index is 12.7. The van der Waals surface area contributed by atoms with Crippen LogP contribution >= 0.6 is 0 Å². The molecule has 0 unspecified atom stereocenters. The zero-order valence-corrected chi connectivity index (χ0v) is 16.8. The van der Waals surface area contributed by atoms with Crippen molar-refractivity contribution in [3.63, 3.8) is 0 Å². The van der Waals surface area contributed by atoms with Gasteiger partial charge >= 0.3 is 0 Å². The second-order valence-corrected chi connectivity index (χ2v) is 6.82. The summed E-state index contributed by atoms with van der Waals surface area (Å²) >= 11 is 0.